The van der Waals surface area contributed by atoms with Crippen molar-refractivity contribution in [2.75, 3.05) is 18.4 Å². The van der Waals surface area contributed by atoms with E-state index in [1.165, 1.54) is 0 Å². The van der Waals surface area contributed by atoms with Gasteiger partial charge in [0.1, 0.15) is 12.1 Å². The van der Waals surface area contributed by atoms with Gasteiger partial charge in [0, 0.05) is 19.0 Å². The van der Waals surface area contributed by atoms with Crippen molar-refractivity contribution >= 4 is 33.3 Å². The van der Waals surface area contributed by atoms with E-state index in [9.17, 15) is 4.79 Å². The minimum Gasteiger partial charge on any atom is -0.367 e. The van der Waals surface area contributed by atoms with Gasteiger partial charge in [0.2, 0.25) is 5.91 Å². The highest BCUT2D eigenvalue weighted by Gasteiger charge is 2.06. The van der Waals surface area contributed by atoms with Crippen molar-refractivity contribution in [3.63, 3.8) is 0 Å². The van der Waals surface area contributed by atoms with Gasteiger partial charge in [0.25, 0.3) is 0 Å². The summed E-state index contributed by atoms with van der Waals surface area (Å²) in [5, 5.41) is 8.06. The highest BCUT2D eigenvalue weighted by atomic mass is 32.1. The van der Waals surface area contributed by atoms with Crippen molar-refractivity contribution < 1.29 is 4.79 Å². The standard InChI is InChI=1S/C12H16N4OS/c1-8(2)12(17)14-5-4-13-11-10-9(3-6-18-10)15-7-16-11/h3,6-8H,4-5H2,1-2H3,(H,14,17)(H,13,15,16). The molecule has 1 amide bonds. The monoisotopic (exact) mass is 264 g/mol. The summed E-state index contributed by atoms with van der Waals surface area (Å²) in [6.07, 6.45) is 1.55. The van der Waals surface area contributed by atoms with Crippen LogP contribution in [0.3, 0.4) is 0 Å². The van der Waals surface area contributed by atoms with Crippen LogP contribution in [-0.2, 0) is 4.79 Å². The maximum absolute atomic E-state index is 11.4. The van der Waals surface area contributed by atoms with E-state index in [-0.39, 0.29) is 11.8 Å². The molecule has 6 heteroatoms. The van der Waals surface area contributed by atoms with E-state index in [1.807, 2.05) is 25.3 Å². The van der Waals surface area contributed by atoms with Crippen molar-refractivity contribution in [1.29, 1.82) is 0 Å². The van der Waals surface area contributed by atoms with E-state index >= 15 is 0 Å². The summed E-state index contributed by atoms with van der Waals surface area (Å²) >= 11 is 1.61. The average Bonchev–Trinajstić information content (AvgIpc) is 2.83. The lowest BCUT2D eigenvalue weighted by atomic mass is 10.2. The second kappa shape index (κ2) is 5.77. The summed E-state index contributed by atoms with van der Waals surface area (Å²) in [7, 11) is 0. The second-order valence-corrected chi connectivity index (χ2v) is 5.15. The van der Waals surface area contributed by atoms with Crippen molar-refractivity contribution in [3.05, 3.63) is 17.8 Å². The Morgan fingerprint density at radius 3 is 3.00 bits per heavy atom. The van der Waals surface area contributed by atoms with Crippen LogP contribution in [0.2, 0.25) is 0 Å². The number of nitrogens with zero attached hydrogens (tertiary/aromatic N) is 2. The minimum atomic E-state index is 0.0213. The molecule has 0 saturated heterocycles. The third kappa shape index (κ3) is 2.95. The summed E-state index contributed by atoms with van der Waals surface area (Å²) in [4.78, 5) is 19.7. The first-order valence-corrected chi connectivity index (χ1v) is 6.76. The first-order chi connectivity index (χ1) is 8.68. The molecule has 2 N–H and O–H groups in total. The zero-order valence-electron chi connectivity index (χ0n) is 10.4. The lowest BCUT2D eigenvalue weighted by molar-refractivity contribution is -0.123. The number of thiophene rings is 1. The summed E-state index contributed by atoms with van der Waals surface area (Å²) in [5.41, 5.74) is 0.948. The number of hydrogen-bond donors (Lipinski definition) is 2. The highest BCUT2D eigenvalue weighted by Crippen LogP contribution is 2.24. The largest absolute Gasteiger partial charge is 0.367 e. The zero-order chi connectivity index (χ0) is 13.0. The molecule has 0 atom stereocenters. The number of rotatable bonds is 5. The van der Waals surface area contributed by atoms with Crippen LogP contribution in [0.1, 0.15) is 13.8 Å². The Labute approximate surface area is 110 Å². The number of aromatic nitrogens is 2. The Balaban J connectivity index is 1.87. The summed E-state index contributed by atoms with van der Waals surface area (Å²) < 4.78 is 1.05. The Morgan fingerprint density at radius 2 is 2.22 bits per heavy atom. The number of carbonyl (C=O) groups excluding carboxylic acids is 1. The average molecular weight is 264 g/mol. The molecule has 0 bridgehead atoms. The predicted molar refractivity (Wildman–Crippen MR) is 73.8 cm³/mol. The molecular weight excluding hydrogens is 248 g/mol. The Hall–Kier alpha value is -1.69. The van der Waals surface area contributed by atoms with Crippen LogP contribution in [0, 0.1) is 5.92 Å². The second-order valence-electron chi connectivity index (χ2n) is 4.23. The Morgan fingerprint density at radius 1 is 1.39 bits per heavy atom. The normalized spacial score (nSPS) is 10.8. The van der Waals surface area contributed by atoms with Crippen LogP contribution >= 0.6 is 11.3 Å². The SMILES string of the molecule is CC(C)C(=O)NCCNc1ncnc2ccsc12. The summed E-state index contributed by atoms with van der Waals surface area (Å²) in [5.74, 6) is 0.919. The van der Waals surface area contributed by atoms with Crippen LogP contribution in [-0.4, -0.2) is 29.0 Å². The molecule has 0 aliphatic rings. The summed E-state index contributed by atoms with van der Waals surface area (Å²) in [6, 6.07) is 1.97. The third-order valence-corrected chi connectivity index (χ3v) is 3.39. The Bertz CT molecular complexity index is 538. The number of anilines is 1. The molecule has 2 heterocycles. The smallest absolute Gasteiger partial charge is 0.222 e. The van der Waals surface area contributed by atoms with Crippen molar-refractivity contribution in [2.45, 2.75) is 13.8 Å². The third-order valence-electron chi connectivity index (χ3n) is 2.48. The number of fused-ring (bicyclic) bond motifs is 1. The van der Waals surface area contributed by atoms with Crippen molar-refractivity contribution in [3.8, 4) is 0 Å². The Kier molecular flexibility index (Phi) is 4.09. The zero-order valence-corrected chi connectivity index (χ0v) is 11.3. The van der Waals surface area contributed by atoms with E-state index < -0.39 is 0 Å². The molecule has 0 aromatic carbocycles. The molecule has 0 aliphatic heterocycles. The molecule has 0 aliphatic carbocycles. The molecule has 0 saturated carbocycles. The van der Waals surface area contributed by atoms with Crippen molar-refractivity contribution in [2.24, 2.45) is 5.92 Å². The fraction of sp³-hybridized carbons (Fsp3) is 0.417. The number of carbonyl (C=O) groups is 1. The molecule has 0 radical (unpaired) electrons. The van der Waals surface area contributed by atoms with Gasteiger partial charge >= 0.3 is 0 Å². The van der Waals surface area contributed by atoms with E-state index in [1.54, 1.807) is 17.7 Å². The lowest BCUT2D eigenvalue weighted by Crippen LogP contribution is -2.31. The molecule has 2 aromatic heterocycles. The maximum Gasteiger partial charge on any atom is 0.222 e. The maximum atomic E-state index is 11.4. The molecular formula is C12H16N4OS. The minimum absolute atomic E-state index is 0.0213. The quantitative estimate of drug-likeness (QED) is 0.809. The van der Waals surface area contributed by atoms with Gasteiger partial charge in [-0.05, 0) is 11.4 Å². The molecule has 5 nitrogen and oxygen atoms in total. The molecule has 2 aromatic rings. The van der Waals surface area contributed by atoms with Gasteiger partial charge in [-0.2, -0.15) is 0 Å². The van der Waals surface area contributed by atoms with Crippen molar-refractivity contribution in [1.82, 2.24) is 15.3 Å². The molecule has 18 heavy (non-hydrogen) atoms. The van der Waals surface area contributed by atoms with E-state index in [4.69, 9.17) is 0 Å². The van der Waals surface area contributed by atoms with Gasteiger partial charge in [-0.3, -0.25) is 4.79 Å². The van der Waals surface area contributed by atoms with Crippen LogP contribution in [0.5, 0.6) is 0 Å². The van der Waals surface area contributed by atoms with Crippen LogP contribution in [0.4, 0.5) is 5.82 Å². The van der Waals surface area contributed by atoms with E-state index in [0.29, 0.717) is 13.1 Å². The molecule has 0 fully saturated rings. The topological polar surface area (TPSA) is 66.9 Å². The number of amides is 1. The van der Waals surface area contributed by atoms with Crippen LogP contribution in [0.25, 0.3) is 10.2 Å². The number of hydrogen-bond acceptors (Lipinski definition) is 5. The molecule has 2 rings (SSSR count). The van der Waals surface area contributed by atoms with Crippen LogP contribution in [0.15, 0.2) is 17.8 Å². The van der Waals surface area contributed by atoms with Gasteiger partial charge in [-0.1, -0.05) is 13.8 Å². The van der Waals surface area contributed by atoms with E-state index in [0.717, 1.165) is 16.0 Å². The number of nitrogens with one attached hydrogen (secondary N) is 2. The predicted octanol–water partition coefficient (Wildman–Crippen LogP) is 1.88. The molecule has 96 valence electrons. The van der Waals surface area contributed by atoms with E-state index in [2.05, 4.69) is 20.6 Å². The van der Waals surface area contributed by atoms with Gasteiger partial charge < -0.3 is 10.6 Å². The first kappa shape index (κ1) is 12.8. The first-order valence-electron chi connectivity index (χ1n) is 5.88. The highest BCUT2D eigenvalue weighted by molar-refractivity contribution is 7.17. The molecule has 0 unspecified atom stereocenters. The molecule has 0 spiro atoms. The van der Waals surface area contributed by atoms with Crippen LogP contribution < -0.4 is 10.6 Å². The fourth-order valence-electron chi connectivity index (χ4n) is 1.49. The fourth-order valence-corrected chi connectivity index (χ4v) is 2.30. The van der Waals surface area contributed by atoms with Gasteiger partial charge in [-0.15, -0.1) is 11.3 Å². The summed E-state index contributed by atoms with van der Waals surface area (Å²) in [6.45, 7) is 5.00. The van der Waals surface area contributed by atoms with Gasteiger partial charge in [0.15, 0.2) is 0 Å². The van der Waals surface area contributed by atoms with Gasteiger partial charge in [-0.25, -0.2) is 9.97 Å². The van der Waals surface area contributed by atoms with Gasteiger partial charge in [0.05, 0.1) is 10.2 Å². The lowest BCUT2D eigenvalue weighted by Gasteiger charge is -2.09.